The van der Waals surface area contributed by atoms with E-state index < -0.39 is 17.4 Å². The summed E-state index contributed by atoms with van der Waals surface area (Å²) in [6, 6.07) is 6.89. The molecule has 1 aliphatic heterocycles. The van der Waals surface area contributed by atoms with Crippen LogP contribution in [-0.2, 0) is 14.9 Å². The molecule has 2 rings (SSSR count). The lowest BCUT2D eigenvalue weighted by Crippen LogP contribution is -2.59. The summed E-state index contributed by atoms with van der Waals surface area (Å²) in [6.45, 7) is 0.892. The van der Waals surface area contributed by atoms with Gasteiger partial charge in [0, 0.05) is 11.1 Å². The molecule has 5 heteroatoms. The molecule has 1 aromatic carbocycles. The van der Waals surface area contributed by atoms with Crippen molar-refractivity contribution in [1.82, 2.24) is 0 Å². The van der Waals surface area contributed by atoms with Gasteiger partial charge in [-0.05, 0) is 17.7 Å². The van der Waals surface area contributed by atoms with Gasteiger partial charge in [-0.3, -0.25) is 4.79 Å². The largest absolute Gasteiger partial charge is 0.481 e. The zero-order valence-corrected chi connectivity index (χ0v) is 9.98. The third-order valence-electron chi connectivity index (χ3n) is 3.22. The summed E-state index contributed by atoms with van der Waals surface area (Å²) in [5.41, 5.74) is 6.53. The Morgan fingerprint density at radius 2 is 2.29 bits per heavy atom. The van der Waals surface area contributed by atoms with Crippen LogP contribution in [0.1, 0.15) is 12.0 Å². The van der Waals surface area contributed by atoms with Crippen LogP contribution in [-0.4, -0.2) is 30.3 Å². The Morgan fingerprint density at radius 1 is 1.59 bits per heavy atom. The Bertz CT molecular complexity index is 432. The Hall–Kier alpha value is -1.10. The predicted molar refractivity (Wildman–Crippen MR) is 64.2 cm³/mol. The van der Waals surface area contributed by atoms with Crippen molar-refractivity contribution < 1.29 is 14.6 Å². The number of aliphatic carboxylic acids is 1. The van der Waals surface area contributed by atoms with Gasteiger partial charge in [-0.25, -0.2) is 0 Å². The highest BCUT2D eigenvalue weighted by molar-refractivity contribution is 6.30. The Balaban J connectivity index is 2.28. The van der Waals surface area contributed by atoms with Crippen molar-refractivity contribution in [2.75, 3.05) is 13.2 Å². The minimum Gasteiger partial charge on any atom is -0.481 e. The molecule has 17 heavy (non-hydrogen) atoms. The van der Waals surface area contributed by atoms with Gasteiger partial charge >= 0.3 is 5.97 Å². The molecule has 0 amide bonds. The standard InChI is InChI=1S/C12H14ClNO3/c13-9-3-1-2-8(4-9)12(6-17-7-12)10(14)5-11(15)16/h1-4,10H,5-7,14H2,(H,15,16). The molecule has 1 atom stereocenters. The maximum atomic E-state index is 10.7. The normalized spacial score (nSPS) is 19.4. The number of hydrogen-bond acceptors (Lipinski definition) is 3. The summed E-state index contributed by atoms with van der Waals surface area (Å²) >= 11 is 5.94. The molecule has 0 spiro atoms. The molecule has 1 aromatic rings. The zero-order valence-electron chi connectivity index (χ0n) is 9.23. The fraction of sp³-hybridized carbons (Fsp3) is 0.417. The van der Waals surface area contributed by atoms with Crippen LogP contribution in [0.15, 0.2) is 24.3 Å². The molecule has 92 valence electrons. The lowest BCUT2D eigenvalue weighted by molar-refractivity contribution is -0.140. The van der Waals surface area contributed by atoms with Crippen molar-refractivity contribution in [3.8, 4) is 0 Å². The van der Waals surface area contributed by atoms with Crippen molar-refractivity contribution in [3.05, 3.63) is 34.9 Å². The molecule has 1 saturated heterocycles. The first kappa shape index (κ1) is 12.4. The summed E-state index contributed by atoms with van der Waals surface area (Å²) in [6.07, 6.45) is -0.0735. The maximum Gasteiger partial charge on any atom is 0.304 e. The van der Waals surface area contributed by atoms with E-state index in [4.69, 9.17) is 27.2 Å². The molecule has 1 aliphatic rings. The molecule has 1 heterocycles. The highest BCUT2D eigenvalue weighted by Gasteiger charge is 2.46. The smallest absolute Gasteiger partial charge is 0.304 e. The number of halogens is 1. The van der Waals surface area contributed by atoms with Crippen LogP contribution < -0.4 is 5.73 Å². The zero-order chi connectivity index (χ0) is 12.5. The molecule has 1 fully saturated rings. The first-order chi connectivity index (χ1) is 8.04. The lowest BCUT2D eigenvalue weighted by Gasteiger charge is -2.45. The second kappa shape index (κ2) is 4.64. The van der Waals surface area contributed by atoms with E-state index in [1.807, 2.05) is 18.2 Å². The first-order valence-corrected chi connectivity index (χ1v) is 5.73. The number of ether oxygens (including phenoxy) is 1. The number of hydrogen-bond donors (Lipinski definition) is 2. The van der Waals surface area contributed by atoms with Gasteiger partial charge in [0.25, 0.3) is 0 Å². The molecule has 0 radical (unpaired) electrons. The van der Waals surface area contributed by atoms with E-state index in [-0.39, 0.29) is 6.42 Å². The van der Waals surface area contributed by atoms with Crippen molar-refractivity contribution in [2.45, 2.75) is 17.9 Å². The van der Waals surface area contributed by atoms with E-state index in [2.05, 4.69) is 0 Å². The van der Waals surface area contributed by atoms with Gasteiger partial charge in [-0.1, -0.05) is 23.7 Å². The van der Waals surface area contributed by atoms with Crippen LogP contribution in [0, 0.1) is 0 Å². The summed E-state index contributed by atoms with van der Waals surface area (Å²) in [4.78, 5) is 10.7. The molecule has 0 aromatic heterocycles. The molecule has 0 aliphatic carbocycles. The van der Waals surface area contributed by atoms with Crippen LogP contribution in [0.2, 0.25) is 5.02 Å². The van der Waals surface area contributed by atoms with Gasteiger partial charge in [-0.2, -0.15) is 0 Å². The Morgan fingerprint density at radius 3 is 2.76 bits per heavy atom. The van der Waals surface area contributed by atoms with E-state index in [0.29, 0.717) is 18.2 Å². The third-order valence-corrected chi connectivity index (χ3v) is 3.46. The average molecular weight is 256 g/mol. The topological polar surface area (TPSA) is 72.6 Å². The summed E-state index contributed by atoms with van der Waals surface area (Å²) in [5.74, 6) is -0.897. The van der Waals surface area contributed by atoms with E-state index in [0.717, 1.165) is 5.56 Å². The van der Waals surface area contributed by atoms with Crippen molar-refractivity contribution in [2.24, 2.45) is 5.73 Å². The molecular formula is C12H14ClNO3. The van der Waals surface area contributed by atoms with Crippen LogP contribution in [0.25, 0.3) is 0 Å². The van der Waals surface area contributed by atoms with Gasteiger partial charge in [-0.15, -0.1) is 0 Å². The Labute approximate surface area is 104 Å². The summed E-state index contributed by atoms with van der Waals surface area (Å²) < 4.78 is 5.22. The Kier molecular flexibility index (Phi) is 3.38. The molecule has 1 unspecified atom stereocenters. The van der Waals surface area contributed by atoms with Crippen LogP contribution in [0.4, 0.5) is 0 Å². The number of benzene rings is 1. The minimum absolute atomic E-state index is 0.0735. The minimum atomic E-state index is -0.897. The second-order valence-electron chi connectivity index (χ2n) is 4.36. The molecular weight excluding hydrogens is 242 g/mol. The predicted octanol–water partition coefficient (Wildman–Crippen LogP) is 1.41. The molecule has 3 N–H and O–H groups in total. The van der Waals surface area contributed by atoms with Crippen LogP contribution >= 0.6 is 11.6 Å². The molecule has 4 nitrogen and oxygen atoms in total. The average Bonchev–Trinajstić information content (AvgIpc) is 2.14. The molecule has 0 bridgehead atoms. The summed E-state index contributed by atoms with van der Waals surface area (Å²) in [5, 5.41) is 9.44. The fourth-order valence-electron chi connectivity index (χ4n) is 2.10. The first-order valence-electron chi connectivity index (χ1n) is 5.36. The monoisotopic (exact) mass is 255 g/mol. The lowest BCUT2D eigenvalue weighted by atomic mass is 9.71. The van der Waals surface area contributed by atoms with Crippen molar-refractivity contribution in [1.29, 1.82) is 0 Å². The SMILES string of the molecule is NC(CC(=O)O)C1(c2cccc(Cl)c2)COC1. The summed E-state index contributed by atoms with van der Waals surface area (Å²) in [7, 11) is 0. The number of nitrogens with two attached hydrogens (primary N) is 1. The third kappa shape index (κ3) is 2.29. The van der Waals surface area contributed by atoms with Gasteiger partial charge in [0.2, 0.25) is 0 Å². The number of carboxylic acids is 1. The van der Waals surface area contributed by atoms with Crippen molar-refractivity contribution in [3.63, 3.8) is 0 Å². The van der Waals surface area contributed by atoms with Gasteiger partial charge in [0.05, 0.1) is 25.0 Å². The quantitative estimate of drug-likeness (QED) is 0.853. The van der Waals surface area contributed by atoms with E-state index >= 15 is 0 Å². The highest BCUT2D eigenvalue weighted by Crippen LogP contribution is 2.37. The second-order valence-corrected chi connectivity index (χ2v) is 4.80. The van der Waals surface area contributed by atoms with Crippen molar-refractivity contribution >= 4 is 17.6 Å². The number of carboxylic acid groups (broad SMARTS) is 1. The van der Waals surface area contributed by atoms with E-state index in [9.17, 15) is 4.79 Å². The van der Waals surface area contributed by atoms with Crippen LogP contribution in [0.3, 0.4) is 0 Å². The highest BCUT2D eigenvalue weighted by atomic mass is 35.5. The van der Waals surface area contributed by atoms with Gasteiger partial charge in [0.15, 0.2) is 0 Å². The van der Waals surface area contributed by atoms with E-state index in [1.165, 1.54) is 0 Å². The molecule has 0 saturated carbocycles. The van der Waals surface area contributed by atoms with E-state index in [1.54, 1.807) is 6.07 Å². The van der Waals surface area contributed by atoms with Gasteiger partial charge in [0.1, 0.15) is 0 Å². The van der Waals surface area contributed by atoms with Crippen LogP contribution in [0.5, 0.6) is 0 Å². The fourth-order valence-corrected chi connectivity index (χ4v) is 2.29. The van der Waals surface area contributed by atoms with Gasteiger partial charge < -0.3 is 15.6 Å². The number of rotatable bonds is 4. The maximum absolute atomic E-state index is 10.7. The number of carbonyl (C=O) groups is 1.